The smallest absolute Gasteiger partial charge is 0.224 e. The Hall–Kier alpha value is -3.55. The predicted molar refractivity (Wildman–Crippen MR) is 92.9 cm³/mol. The Labute approximate surface area is 142 Å². The van der Waals surface area contributed by atoms with Gasteiger partial charge in [-0.05, 0) is 23.8 Å². The number of fused-ring (bicyclic) bond motifs is 1. The number of nitrogens with zero attached hydrogens (tertiary/aromatic N) is 5. The fourth-order valence-corrected chi connectivity index (χ4v) is 2.63. The van der Waals surface area contributed by atoms with Gasteiger partial charge in [0.25, 0.3) is 0 Å². The third-order valence-corrected chi connectivity index (χ3v) is 3.81. The molecule has 124 valence electrons. The predicted octanol–water partition coefficient (Wildman–Crippen LogP) is 2.24. The summed E-state index contributed by atoms with van der Waals surface area (Å²) in [7, 11) is 0. The van der Waals surface area contributed by atoms with Gasteiger partial charge in [-0.15, -0.1) is 0 Å². The number of anilines is 2. The highest BCUT2D eigenvalue weighted by atomic mass is 19.1. The zero-order chi connectivity index (χ0) is 17.4. The fourth-order valence-electron chi connectivity index (χ4n) is 2.63. The van der Waals surface area contributed by atoms with Crippen LogP contribution in [0.3, 0.4) is 0 Å². The molecule has 0 radical (unpaired) electrons. The van der Waals surface area contributed by atoms with E-state index < -0.39 is 0 Å². The molecule has 0 unspecified atom stereocenters. The Morgan fingerprint density at radius 2 is 1.92 bits per heavy atom. The Kier molecular flexibility index (Phi) is 3.50. The van der Waals surface area contributed by atoms with Gasteiger partial charge in [0.15, 0.2) is 11.5 Å². The van der Waals surface area contributed by atoms with E-state index in [2.05, 4.69) is 19.9 Å². The van der Waals surface area contributed by atoms with E-state index in [0.717, 1.165) is 11.1 Å². The lowest BCUT2D eigenvalue weighted by atomic mass is 10.1. The average Bonchev–Trinajstić information content (AvgIpc) is 2.99. The summed E-state index contributed by atoms with van der Waals surface area (Å²) in [4.78, 5) is 16.7. The summed E-state index contributed by atoms with van der Waals surface area (Å²) >= 11 is 0. The number of hydrogen-bond acceptors (Lipinski definition) is 6. The molecule has 0 bridgehead atoms. The molecule has 25 heavy (non-hydrogen) atoms. The van der Waals surface area contributed by atoms with Gasteiger partial charge in [-0.2, -0.15) is 9.97 Å². The van der Waals surface area contributed by atoms with Gasteiger partial charge < -0.3 is 16.0 Å². The number of pyridine rings is 1. The lowest BCUT2D eigenvalue weighted by molar-refractivity contribution is 0.628. The Morgan fingerprint density at radius 1 is 1.04 bits per heavy atom. The average molecular weight is 335 g/mol. The number of imidazole rings is 1. The number of nitrogens with two attached hydrogens (primary N) is 2. The van der Waals surface area contributed by atoms with Crippen molar-refractivity contribution in [1.82, 2.24) is 24.5 Å². The van der Waals surface area contributed by atoms with E-state index in [1.807, 2.05) is 22.8 Å². The maximum Gasteiger partial charge on any atom is 0.224 e. The second-order valence-corrected chi connectivity index (χ2v) is 5.57. The minimum absolute atomic E-state index is 0.103. The minimum atomic E-state index is -0.289. The first-order valence-corrected chi connectivity index (χ1v) is 7.55. The fraction of sp³-hybridized carbons (Fsp3) is 0.0588. The highest BCUT2D eigenvalue weighted by Gasteiger charge is 2.10. The maximum absolute atomic E-state index is 13.3. The molecule has 0 amide bonds. The molecule has 7 nitrogen and oxygen atoms in total. The van der Waals surface area contributed by atoms with Crippen LogP contribution in [0, 0.1) is 5.82 Å². The largest absolute Gasteiger partial charge is 0.382 e. The SMILES string of the molecule is Nc1nc(N)c2ncn(Cc3ccc(-c4cccc(F)c4)nc3)c2n1. The first kappa shape index (κ1) is 15.0. The van der Waals surface area contributed by atoms with E-state index in [1.54, 1.807) is 18.6 Å². The molecular formula is C17H14FN7. The van der Waals surface area contributed by atoms with Crippen molar-refractivity contribution in [2.45, 2.75) is 6.54 Å². The Bertz CT molecular complexity index is 1060. The van der Waals surface area contributed by atoms with Gasteiger partial charge in [0.1, 0.15) is 11.3 Å². The zero-order valence-corrected chi connectivity index (χ0v) is 13.1. The summed E-state index contributed by atoms with van der Waals surface area (Å²) in [5.41, 5.74) is 14.9. The molecule has 4 aromatic rings. The topological polar surface area (TPSA) is 109 Å². The van der Waals surface area contributed by atoms with Crippen LogP contribution in [-0.2, 0) is 6.54 Å². The number of nitrogen functional groups attached to an aromatic ring is 2. The van der Waals surface area contributed by atoms with Crippen molar-refractivity contribution in [3.8, 4) is 11.3 Å². The summed E-state index contributed by atoms with van der Waals surface area (Å²) in [5, 5.41) is 0. The van der Waals surface area contributed by atoms with E-state index >= 15 is 0 Å². The van der Waals surface area contributed by atoms with E-state index in [4.69, 9.17) is 11.5 Å². The van der Waals surface area contributed by atoms with Crippen LogP contribution < -0.4 is 11.5 Å². The van der Waals surface area contributed by atoms with Gasteiger partial charge in [0, 0.05) is 11.8 Å². The van der Waals surface area contributed by atoms with Crippen LogP contribution in [0.1, 0.15) is 5.56 Å². The molecule has 0 saturated carbocycles. The Balaban J connectivity index is 1.64. The van der Waals surface area contributed by atoms with Crippen molar-refractivity contribution in [2.24, 2.45) is 0 Å². The standard InChI is InChI=1S/C17H14FN7/c18-12-3-1-2-11(6-12)13-5-4-10(7-21-13)8-25-9-22-14-15(19)23-17(20)24-16(14)25/h1-7,9H,8H2,(H4,19,20,23,24). The molecule has 4 N–H and O–H groups in total. The lowest BCUT2D eigenvalue weighted by Gasteiger charge is -2.06. The monoisotopic (exact) mass is 335 g/mol. The normalized spacial score (nSPS) is 11.1. The second kappa shape index (κ2) is 5.82. The van der Waals surface area contributed by atoms with Gasteiger partial charge in [-0.1, -0.05) is 18.2 Å². The molecular weight excluding hydrogens is 321 g/mol. The highest BCUT2D eigenvalue weighted by molar-refractivity contribution is 5.82. The molecule has 0 fully saturated rings. The highest BCUT2D eigenvalue weighted by Crippen LogP contribution is 2.20. The molecule has 0 spiro atoms. The number of hydrogen-bond donors (Lipinski definition) is 2. The first-order chi connectivity index (χ1) is 12.1. The Morgan fingerprint density at radius 3 is 2.68 bits per heavy atom. The van der Waals surface area contributed by atoms with Crippen molar-refractivity contribution in [3.63, 3.8) is 0 Å². The van der Waals surface area contributed by atoms with Crippen LogP contribution in [0.5, 0.6) is 0 Å². The van der Waals surface area contributed by atoms with Gasteiger partial charge in [-0.3, -0.25) is 4.98 Å². The summed E-state index contributed by atoms with van der Waals surface area (Å²) in [5.74, 6) is 0.0651. The molecule has 0 atom stereocenters. The molecule has 3 aromatic heterocycles. The minimum Gasteiger partial charge on any atom is -0.382 e. The van der Waals surface area contributed by atoms with Crippen LogP contribution in [-0.4, -0.2) is 24.5 Å². The number of halogens is 1. The van der Waals surface area contributed by atoms with Crippen LogP contribution in [0.4, 0.5) is 16.2 Å². The lowest BCUT2D eigenvalue weighted by Crippen LogP contribution is -2.04. The van der Waals surface area contributed by atoms with Gasteiger partial charge in [-0.25, -0.2) is 9.37 Å². The second-order valence-electron chi connectivity index (χ2n) is 5.57. The molecule has 0 aliphatic carbocycles. The van der Waals surface area contributed by atoms with Crippen molar-refractivity contribution in [3.05, 3.63) is 60.3 Å². The van der Waals surface area contributed by atoms with Gasteiger partial charge in [0.05, 0.1) is 18.6 Å². The van der Waals surface area contributed by atoms with E-state index in [0.29, 0.717) is 23.4 Å². The van der Waals surface area contributed by atoms with Crippen LogP contribution >= 0.6 is 0 Å². The summed E-state index contributed by atoms with van der Waals surface area (Å²) in [6.45, 7) is 0.503. The van der Waals surface area contributed by atoms with Crippen molar-refractivity contribution < 1.29 is 4.39 Å². The zero-order valence-electron chi connectivity index (χ0n) is 13.1. The van der Waals surface area contributed by atoms with E-state index in [1.165, 1.54) is 12.1 Å². The third-order valence-electron chi connectivity index (χ3n) is 3.81. The van der Waals surface area contributed by atoms with E-state index in [9.17, 15) is 4.39 Å². The molecule has 4 rings (SSSR count). The summed E-state index contributed by atoms with van der Waals surface area (Å²) < 4.78 is 15.1. The number of rotatable bonds is 3. The van der Waals surface area contributed by atoms with Crippen molar-refractivity contribution in [2.75, 3.05) is 11.5 Å². The summed E-state index contributed by atoms with van der Waals surface area (Å²) in [6, 6.07) is 10.1. The van der Waals surface area contributed by atoms with Crippen molar-refractivity contribution in [1.29, 1.82) is 0 Å². The summed E-state index contributed by atoms with van der Waals surface area (Å²) in [6.07, 6.45) is 3.37. The van der Waals surface area contributed by atoms with Crippen LogP contribution in [0.15, 0.2) is 48.9 Å². The van der Waals surface area contributed by atoms with Crippen LogP contribution in [0.25, 0.3) is 22.4 Å². The number of benzene rings is 1. The first-order valence-electron chi connectivity index (χ1n) is 7.55. The molecule has 0 aliphatic heterocycles. The van der Waals surface area contributed by atoms with Gasteiger partial charge >= 0.3 is 0 Å². The molecule has 1 aromatic carbocycles. The third kappa shape index (κ3) is 2.85. The molecule has 8 heteroatoms. The van der Waals surface area contributed by atoms with Crippen molar-refractivity contribution >= 4 is 22.9 Å². The maximum atomic E-state index is 13.3. The van der Waals surface area contributed by atoms with Crippen LogP contribution in [0.2, 0.25) is 0 Å². The molecule has 0 aliphatic rings. The molecule has 3 heterocycles. The van der Waals surface area contributed by atoms with E-state index in [-0.39, 0.29) is 17.6 Å². The quantitative estimate of drug-likeness (QED) is 0.594. The molecule has 0 saturated heterocycles. The van der Waals surface area contributed by atoms with Gasteiger partial charge in [0.2, 0.25) is 5.95 Å². The number of aromatic nitrogens is 5.